The molecule has 8 nitrogen and oxygen atoms in total. The zero-order chi connectivity index (χ0) is 29.1. The molecule has 3 rings (SSSR count). The number of carbonyl (C=O) groups is 2. The molecule has 0 saturated heterocycles. The maximum absolute atomic E-state index is 14.3. The van der Waals surface area contributed by atoms with Crippen LogP contribution in [-0.4, -0.2) is 49.7 Å². The fraction of sp³-hybridized carbons (Fsp3) is 0.433. The Labute approximate surface area is 244 Å². The second-order valence-corrected chi connectivity index (χ2v) is 13.3. The van der Waals surface area contributed by atoms with Crippen LogP contribution in [0.15, 0.2) is 48.7 Å². The summed E-state index contributed by atoms with van der Waals surface area (Å²) in [6, 6.07) is 12.1. The third-order valence-electron chi connectivity index (χ3n) is 6.38. The number of aryl methyl sites for hydroxylation is 2. The van der Waals surface area contributed by atoms with E-state index in [0.29, 0.717) is 5.82 Å². The molecule has 0 aliphatic carbocycles. The van der Waals surface area contributed by atoms with Gasteiger partial charge in [-0.05, 0) is 112 Å². The summed E-state index contributed by atoms with van der Waals surface area (Å²) in [5, 5.41) is 12.9. The zero-order valence-electron chi connectivity index (χ0n) is 23.9. The molecule has 0 saturated carbocycles. The molecule has 9 heteroatoms. The fourth-order valence-electron chi connectivity index (χ4n) is 4.69. The molecule has 2 unspecified atom stereocenters. The number of carbonyl (C=O) groups excluding carboxylic acids is 2. The predicted molar refractivity (Wildman–Crippen MR) is 162 cm³/mol. The predicted octanol–water partition coefficient (Wildman–Crippen LogP) is 6.38. The summed E-state index contributed by atoms with van der Waals surface area (Å²) >= 11 is 2.24. The van der Waals surface area contributed by atoms with E-state index in [4.69, 9.17) is 4.74 Å². The number of aromatic hydroxyl groups is 1. The summed E-state index contributed by atoms with van der Waals surface area (Å²) in [5.41, 5.74) is 3.67. The van der Waals surface area contributed by atoms with Crippen molar-refractivity contribution in [3.05, 3.63) is 71.2 Å². The zero-order valence-corrected chi connectivity index (χ0v) is 26.1. The van der Waals surface area contributed by atoms with Crippen LogP contribution in [0.25, 0.3) is 11.3 Å². The number of halogens is 1. The minimum atomic E-state index is -0.915. The lowest BCUT2D eigenvalue weighted by molar-refractivity contribution is -0.138. The average Bonchev–Trinajstić information content (AvgIpc) is 3.31. The molecule has 0 aliphatic rings. The van der Waals surface area contributed by atoms with E-state index in [-0.39, 0.29) is 24.1 Å². The van der Waals surface area contributed by atoms with Gasteiger partial charge in [-0.2, -0.15) is 0 Å². The number of H-pyrrole nitrogens is 1. The quantitative estimate of drug-likeness (QED) is 0.150. The Morgan fingerprint density at radius 3 is 2.23 bits per heavy atom. The number of alkyl carbamates (subject to hydrolysis) is 1. The Bertz CT molecular complexity index is 1290. The number of hydrogen-bond donors (Lipinski definition) is 3. The van der Waals surface area contributed by atoms with Gasteiger partial charge in [0.15, 0.2) is 0 Å². The van der Waals surface area contributed by atoms with Crippen LogP contribution in [0.5, 0.6) is 5.75 Å². The van der Waals surface area contributed by atoms with E-state index >= 15 is 0 Å². The van der Waals surface area contributed by atoms with Gasteiger partial charge in [0.1, 0.15) is 26.8 Å². The maximum atomic E-state index is 14.3. The van der Waals surface area contributed by atoms with Gasteiger partial charge in [0.2, 0.25) is 5.91 Å². The Morgan fingerprint density at radius 2 is 1.69 bits per heavy atom. The van der Waals surface area contributed by atoms with Crippen molar-refractivity contribution in [2.24, 2.45) is 0 Å². The normalized spacial score (nSPS) is 14.0. The van der Waals surface area contributed by atoms with Gasteiger partial charge >= 0.3 is 6.09 Å². The second-order valence-electron chi connectivity index (χ2n) is 11.2. The number of phenols is 1. The van der Waals surface area contributed by atoms with Crippen LogP contribution in [0.2, 0.25) is 0 Å². The highest BCUT2D eigenvalue weighted by Gasteiger charge is 2.42. The second kappa shape index (κ2) is 12.0. The molecule has 0 bridgehead atoms. The molecule has 39 heavy (non-hydrogen) atoms. The van der Waals surface area contributed by atoms with Crippen LogP contribution < -0.4 is 5.32 Å². The van der Waals surface area contributed by atoms with Crippen molar-refractivity contribution in [1.82, 2.24) is 20.2 Å². The van der Waals surface area contributed by atoms with Gasteiger partial charge in [-0.25, -0.2) is 9.78 Å². The first-order valence-electron chi connectivity index (χ1n) is 13.0. The standard InChI is InChI=1S/C30H39IN4O4/c1-18(2)35(30(8,31)27-32-17-25(33-27)21-12-10-9-11-13-21)26(37)24(34-28(38)39-29(5,6)7)16-23-19(3)14-22(36)15-20(23)4/h9-15,17-18,24,36H,16H2,1-8H3,(H,32,33)(H,34,38). The van der Waals surface area contributed by atoms with Crippen LogP contribution in [0.3, 0.4) is 0 Å². The highest BCUT2D eigenvalue weighted by atomic mass is 127. The molecule has 2 atom stereocenters. The lowest BCUT2D eigenvalue weighted by Crippen LogP contribution is -2.57. The Hall–Kier alpha value is -3.08. The highest BCUT2D eigenvalue weighted by Crippen LogP contribution is 2.37. The highest BCUT2D eigenvalue weighted by molar-refractivity contribution is 14.1. The van der Waals surface area contributed by atoms with Crippen molar-refractivity contribution in [3.8, 4) is 17.0 Å². The molecule has 3 aromatic rings. The van der Waals surface area contributed by atoms with Crippen molar-refractivity contribution >= 4 is 34.6 Å². The number of rotatable bonds is 8. The first-order valence-corrected chi connectivity index (χ1v) is 14.1. The fourth-order valence-corrected chi connectivity index (χ4v) is 5.76. The lowest BCUT2D eigenvalue weighted by atomic mass is 9.95. The molecule has 0 fully saturated rings. The number of phenolic OH excluding ortho intramolecular Hbond substituents is 1. The molecule has 2 aromatic carbocycles. The largest absolute Gasteiger partial charge is 0.508 e. The molecule has 1 aromatic heterocycles. The molecule has 3 N–H and O–H groups in total. The van der Waals surface area contributed by atoms with Crippen LogP contribution in [0.1, 0.15) is 64.1 Å². The number of hydrogen-bond acceptors (Lipinski definition) is 5. The van der Waals surface area contributed by atoms with Gasteiger partial charge in [0, 0.05) is 12.5 Å². The SMILES string of the molecule is Cc1cc(O)cc(C)c1CC(NC(=O)OC(C)(C)C)C(=O)N(C(C)C)C(C)(I)c1ncc(-c2ccccc2)[nH]1. The van der Waals surface area contributed by atoms with Gasteiger partial charge in [-0.3, -0.25) is 4.79 Å². The molecule has 0 radical (unpaired) electrons. The maximum Gasteiger partial charge on any atom is 0.408 e. The number of nitrogens with zero attached hydrogens (tertiary/aromatic N) is 2. The number of imidazole rings is 1. The number of aromatic nitrogens is 2. The number of ether oxygens (including phenoxy) is 1. The number of amides is 2. The summed E-state index contributed by atoms with van der Waals surface area (Å²) in [5.74, 6) is 0.515. The van der Waals surface area contributed by atoms with E-state index in [1.807, 2.05) is 65.0 Å². The van der Waals surface area contributed by atoms with Crippen molar-refractivity contribution < 1.29 is 19.4 Å². The van der Waals surface area contributed by atoms with E-state index in [9.17, 15) is 14.7 Å². The topological polar surface area (TPSA) is 108 Å². The van der Waals surface area contributed by atoms with E-state index in [0.717, 1.165) is 27.9 Å². The molecule has 2 amide bonds. The molecular weight excluding hydrogens is 607 g/mol. The van der Waals surface area contributed by atoms with E-state index in [1.165, 1.54) is 0 Å². The minimum absolute atomic E-state index is 0.160. The van der Waals surface area contributed by atoms with Gasteiger partial charge in [-0.1, -0.05) is 30.3 Å². The van der Waals surface area contributed by atoms with Gasteiger partial charge < -0.3 is 25.0 Å². The van der Waals surface area contributed by atoms with Crippen molar-refractivity contribution in [3.63, 3.8) is 0 Å². The van der Waals surface area contributed by atoms with E-state index in [2.05, 4.69) is 37.9 Å². The molecule has 1 heterocycles. The average molecular weight is 647 g/mol. The summed E-state index contributed by atoms with van der Waals surface area (Å²) in [4.78, 5) is 37.0. The number of alkyl halides is 1. The lowest BCUT2D eigenvalue weighted by Gasteiger charge is -2.41. The van der Waals surface area contributed by atoms with Gasteiger partial charge in [-0.15, -0.1) is 0 Å². The summed E-state index contributed by atoms with van der Waals surface area (Å²) in [7, 11) is 0. The van der Waals surface area contributed by atoms with Crippen molar-refractivity contribution in [1.29, 1.82) is 0 Å². The van der Waals surface area contributed by atoms with E-state index < -0.39 is 21.3 Å². The monoisotopic (exact) mass is 646 g/mol. The van der Waals surface area contributed by atoms with Crippen LogP contribution in [-0.2, 0) is 19.5 Å². The number of nitrogens with one attached hydrogen (secondary N) is 2. The van der Waals surface area contributed by atoms with Crippen molar-refractivity contribution in [2.45, 2.75) is 83.0 Å². The van der Waals surface area contributed by atoms with Crippen LogP contribution >= 0.6 is 22.6 Å². The smallest absolute Gasteiger partial charge is 0.408 e. The third kappa shape index (κ3) is 7.52. The Balaban J connectivity index is 2.01. The summed E-state index contributed by atoms with van der Waals surface area (Å²) in [6.07, 6.45) is 1.34. The molecule has 0 spiro atoms. The number of aromatic amines is 1. The minimum Gasteiger partial charge on any atom is -0.508 e. The van der Waals surface area contributed by atoms with E-state index in [1.54, 1.807) is 44.0 Å². The first-order chi connectivity index (χ1) is 18.1. The van der Waals surface area contributed by atoms with Gasteiger partial charge in [0.25, 0.3) is 0 Å². The number of benzene rings is 2. The van der Waals surface area contributed by atoms with Crippen LogP contribution in [0, 0.1) is 13.8 Å². The molecule has 210 valence electrons. The molecular formula is C30H39IN4O4. The van der Waals surface area contributed by atoms with Gasteiger partial charge in [0.05, 0.1) is 11.9 Å². The Kier molecular flexibility index (Phi) is 9.35. The third-order valence-corrected chi connectivity index (χ3v) is 7.41. The summed E-state index contributed by atoms with van der Waals surface area (Å²) < 4.78 is 4.66. The molecule has 0 aliphatic heterocycles. The summed E-state index contributed by atoms with van der Waals surface area (Å²) in [6.45, 7) is 14.9. The van der Waals surface area contributed by atoms with Crippen molar-refractivity contribution in [2.75, 3.05) is 0 Å². The van der Waals surface area contributed by atoms with Crippen LogP contribution in [0.4, 0.5) is 4.79 Å². The Morgan fingerprint density at radius 1 is 1.10 bits per heavy atom. The first kappa shape index (κ1) is 30.5.